The number of piperidine rings is 1. The van der Waals surface area contributed by atoms with E-state index in [2.05, 4.69) is 49.2 Å². The van der Waals surface area contributed by atoms with Crippen molar-refractivity contribution in [2.75, 3.05) is 12.3 Å². The zero-order valence-electron chi connectivity index (χ0n) is 15.5. The van der Waals surface area contributed by atoms with Crippen LogP contribution in [0.1, 0.15) is 43.1 Å². The van der Waals surface area contributed by atoms with Crippen molar-refractivity contribution in [2.45, 2.75) is 58.2 Å². The molecule has 1 aromatic heterocycles. The van der Waals surface area contributed by atoms with Gasteiger partial charge in [-0.25, -0.2) is 0 Å². The largest absolute Gasteiger partial charge is 0.339 e. The third-order valence-corrected chi connectivity index (χ3v) is 5.91. The Bertz CT molecular complexity index is 771. The van der Waals surface area contributed by atoms with Gasteiger partial charge in [0.1, 0.15) is 5.82 Å². The zero-order valence-corrected chi connectivity index (χ0v) is 16.3. The highest BCUT2D eigenvalue weighted by Crippen LogP contribution is 2.25. The maximum Gasteiger partial charge on any atom is 0.233 e. The maximum absolute atomic E-state index is 12.6. The van der Waals surface area contributed by atoms with Crippen molar-refractivity contribution in [1.82, 2.24) is 19.7 Å². The molecule has 1 atom stereocenters. The lowest BCUT2D eigenvalue weighted by Crippen LogP contribution is -2.42. The highest BCUT2D eigenvalue weighted by molar-refractivity contribution is 7.99. The summed E-state index contributed by atoms with van der Waals surface area (Å²) in [4.78, 5) is 14.6. The number of nitrogens with zero attached hydrogens (tertiary/aromatic N) is 4. The SMILES string of the molecule is Cc1ccc(-n2c(C)nnc2SCC(=O)N2CCCC[C@H]2C)cc1C. The van der Waals surface area contributed by atoms with E-state index in [-0.39, 0.29) is 5.91 Å². The minimum atomic E-state index is 0.199. The Hall–Kier alpha value is -1.82. The summed E-state index contributed by atoms with van der Waals surface area (Å²) in [7, 11) is 0. The van der Waals surface area contributed by atoms with Crippen molar-refractivity contribution < 1.29 is 4.79 Å². The Labute approximate surface area is 153 Å². The molecule has 3 rings (SSSR count). The first-order chi connectivity index (χ1) is 12.0. The first-order valence-corrected chi connectivity index (χ1v) is 9.88. The number of hydrogen-bond donors (Lipinski definition) is 0. The van der Waals surface area contributed by atoms with Gasteiger partial charge in [0.2, 0.25) is 5.91 Å². The fourth-order valence-electron chi connectivity index (χ4n) is 3.28. The highest BCUT2D eigenvalue weighted by atomic mass is 32.2. The van der Waals surface area contributed by atoms with Crippen molar-refractivity contribution in [3.8, 4) is 5.69 Å². The summed E-state index contributed by atoms with van der Waals surface area (Å²) in [6, 6.07) is 6.68. The molecular formula is C19H26N4OS. The number of benzene rings is 1. The van der Waals surface area contributed by atoms with Crippen LogP contribution in [0.3, 0.4) is 0 Å². The summed E-state index contributed by atoms with van der Waals surface area (Å²) in [5.74, 6) is 1.45. The van der Waals surface area contributed by atoms with E-state index in [1.807, 2.05) is 16.4 Å². The highest BCUT2D eigenvalue weighted by Gasteiger charge is 2.24. The third-order valence-electron chi connectivity index (χ3n) is 4.99. The molecule has 25 heavy (non-hydrogen) atoms. The van der Waals surface area contributed by atoms with Gasteiger partial charge in [0, 0.05) is 18.3 Å². The average Bonchev–Trinajstić information content (AvgIpc) is 2.96. The molecule has 1 fully saturated rings. The van der Waals surface area contributed by atoms with Crippen LogP contribution in [-0.4, -0.2) is 43.9 Å². The molecule has 2 aromatic rings. The maximum atomic E-state index is 12.6. The van der Waals surface area contributed by atoms with Crippen LogP contribution in [0.5, 0.6) is 0 Å². The first-order valence-electron chi connectivity index (χ1n) is 8.89. The summed E-state index contributed by atoms with van der Waals surface area (Å²) in [5, 5.41) is 9.28. The van der Waals surface area contributed by atoms with Crippen LogP contribution in [-0.2, 0) is 4.79 Å². The Kier molecular flexibility index (Phi) is 5.47. The van der Waals surface area contributed by atoms with Crippen molar-refractivity contribution in [2.24, 2.45) is 0 Å². The summed E-state index contributed by atoms with van der Waals surface area (Å²) >= 11 is 1.47. The van der Waals surface area contributed by atoms with Gasteiger partial charge in [-0.05, 0) is 70.2 Å². The summed E-state index contributed by atoms with van der Waals surface area (Å²) < 4.78 is 2.03. The molecule has 0 aliphatic carbocycles. The Morgan fingerprint density at radius 2 is 2.00 bits per heavy atom. The zero-order chi connectivity index (χ0) is 18.0. The molecule has 6 heteroatoms. The van der Waals surface area contributed by atoms with Gasteiger partial charge in [0.15, 0.2) is 5.16 Å². The topological polar surface area (TPSA) is 51.0 Å². The lowest BCUT2D eigenvalue weighted by atomic mass is 10.0. The van der Waals surface area contributed by atoms with E-state index >= 15 is 0 Å². The molecule has 1 aromatic carbocycles. The quantitative estimate of drug-likeness (QED) is 0.782. The van der Waals surface area contributed by atoms with Crippen LogP contribution in [0.4, 0.5) is 0 Å². The molecule has 0 spiro atoms. The van der Waals surface area contributed by atoms with Gasteiger partial charge >= 0.3 is 0 Å². The van der Waals surface area contributed by atoms with Crippen LogP contribution in [0.15, 0.2) is 23.4 Å². The molecule has 0 radical (unpaired) electrons. The lowest BCUT2D eigenvalue weighted by molar-refractivity contribution is -0.131. The van der Waals surface area contributed by atoms with Gasteiger partial charge in [-0.15, -0.1) is 10.2 Å². The molecule has 0 saturated carbocycles. The normalized spacial score (nSPS) is 17.8. The second-order valence-corrected chi connectivity index (χ2v) is 7.80. The van der Waals surface area contributed by atoms with Crippen LogP contribution in [0, 0.1) is 20.8 Å². The van der Waals surface area contributed by atoms with E-state index < -0.39 is 0 Å². The van der Waals surface area contributed by atoms with E-state index in [1.54, 1.807) is 0 Å². The van der Waals surface area contributed by atoms with Gasteiger partial charge < -0.3 is 4.90 Å². The van der Waals surface area contributed by atoms with Gasteiger partial charge in [0.25, 0.3) is 0 Å². The number of thioether (sulfide) groups is 1. The van der Waals surface area contributed by atoms with Gasteiger partial charge in [-0.2, -0.15) is 0 Å². The lowest BCUT2D eigenvalue weighted by Gasteiger charge is -2.33. The molecule has 0 N–H and O–H groups in total. The standard InChI is InChI=1S/C19H26N4OS/c1-13-8-9-17(11-14(13)2)23-16(4)20-21-19(23)25-12-18(24)22-10-6-5-7-15(22)3/h8-9,11,15H,5-7,10,12H2,1-4H3/t15-/m1/s1. The van der Waals surface area contributed by atoms with Crippen molar-refractivity contribution in [3.05, 3.63) is 35.2 Å². The second kappa shape index (κ2) is 7.60. The number of amides is 1. The Morgan fingerprint density at radius 1 is 1.20 bits per heavy atom. The van der Waals surface area contributed by atoms with Crippen molar-refractivity contribution in [3.63, 3.8) is 0 Å². The van der Waals surface area contributed by atoms with Crippen LogP contribution < -0.4 is 0 Å². The minimum Gasteiger partial charge on any atom is -0.339 e. The number of carbonyl (C=O) groups excluding carboxylic acids is 1. The summed E-state index contributed by atoms with van der Waals surface area (Å²) in [5.41, 5.74) is 3.55. The molecule has 0 unspecified atom stereocenters. The predicted octanol–water partition coefficient (Wildman–Crippen LogP) is 3.69. The number of aromatic nitrogens is 3. The van der Waals surface area contributed by atoms with Crippen LogP contribution in [0.2, 0.25) is 0 Å². The van der Waals surface area contributed by atoms with Gasteiger partial charge in [-0.1, -0.05) is 17.8 Å². The van der Waals surface area contributed by atoms with Crippen LogP contribution in [0.25, 0.3) is 5.69 Å². The summed E-state index contributed by atoms with van der Waals surface area (Å²) in [6.07, 6.45) is 3.44. The Morgan fingerprint density at radius 3 is 2.72 bits per heavy atom. The molecule has 1 amide bonds. The molecule has 1 saturated heterocycles. The number of carbonyl (C=O) groups is 1. The molecule has 5 nitrogen and oxygen atoms in total. The van der Waals surface area contributed by atoms with Crippen molar-refractivity contribution >= 4 is 17.7 Å². The monoisotopic (exact) mass is 358 g/mol. The number of likely N-dealkylation sites (tertiary alicyclic amines) is 1. The van der Waals surface area contributed by atoms with Gasteiger partial charge in [-0.3, -0.25) is 9.36 Å². The smallest absolute Gasteiger partial charge is 0.233 e. The molecule has 1 aliphatic rings. The second-order valence-electron chi connectivity index (χ2n) is 6.85. The number of rotatable bonds is 4. The molecule has 1 aliphatic heterocycles. The number of hydrogen-bond acceptors (Lipinski definition) is 4. The van der Waals surface area contributed by atoms with Crippen molar-refractivity contribution in [1.29, 1.82) is 0 Å². The van der Waals surface area contributed by atoms with E-state index in [9.17, 15) is 4.79 Å². The Balaban J connectivity index is 1.75. The first kappa shape index (κ1) is 18.0. The van der Waals surface area contributed by atoms with E-state index in [1.165, 1.54) is 29.3 Å². The van der Waals surface area contributed by atoms with E-state index in [0.717, 1.165) is 36.1 Å². The summed E-state index contributed by atoms with van der Waals surface area (Å²) in [6.45, 7) is 9.17. The predicted molar refractivity (Wildman–Crippen MR) is 101 cm³/mol. The van der Waals surface area contributed by atoms with E-state index in [0.29, 0.717) is 11.8 Å². The number of aryl methyl sites for hydroxylation is 3. The van der Waals surface area contributed by atoms with E-state index in [4.69, 9.17) is 0 Å². The minimum absolute atomic E-state index is 0.199. The fraction of sp³-hybridized carbons (Fsp3) is 0.526. The third kappa shape index (κ3) is 3.89. The fourth-order valence-corrected chi connectivity index (χ4v) is 4.16. The van der Waals surface area contributed by atoms with Gasteiger partial charge in [0.05, 0.1) is 5.75 Å². The molecular weight excluding hydrogens is 332 g/mol. The molecule has 134 valence electrons. The van der Waals surface area contributed by atoms with Crippen LogP contribution >= 0.6 is 11.8 Å². The molecule has 0 bridgehead atoms. The average molecular weight is 359 g/mol. The molecule has 2 heterocycles.